The third kappa shape index (κ3) is 4.08. The first kappa shape index (κ1) is 16.5. The molecule has 0 bridgehead atoms. The van der Waals surface area contributed by atoms with E-state index < -0.39 is 0 Å². The van der Waals surface area contributed by atoms with Gasteiger partial charge in [0, 0.05) is 19.1 Å². The van der Waals surface area contributed by atoms with Crippen LogP contribution in [0.4, 0.5) is 0 Å². The third-order valence-electron chi connectivity index (χ3n) is 5.25. The maximum Gasteiger partial charge on any atom is 0.0381 e. The Labute approximate surface area is 130 Å². The molecule has 21 heavy (non-hydrogen) atoms. The summed E-state index contributed by atoms with van der Waals surface area (Å²) in [6.45, 7) is 13.2. The van der Waals surface area contributed by atoms with Gasteiger partial charge in [-0.1, -0.05) is 58.0 Å². The number of nitrogens with zero attached hydrogens (tertiary/aromatic N) is 1. The van der Waals surface area contributed by atoms with Crippen molar-refractivity contribution in [2.24, 2.45) is 17.3 Å². The Kier molecular flexibility index (Phi) is 5.45. The van der Waals surface area contributed by atoms with Gasteiger partial charge in [-0.3, -0.25) is 0 Å². The van der Waals surface area contributed by atoms with Crippen LogP contribution in [-0.4, -0.2) is 31.6 Å². The van der Waals surface area contributed by atoms with Gasteiger partial charge in [0.1, 0.15) is 0 Å². The van der Waals surface area contributed by atoms with Gasteiger partial charge in [-0.15, -0.1) is 0 Å². The normalized spacial score (nSPS) is 25.8. The number of nitrogens with one attached hydrogen (secondary N) is 1. The monoisotopic (exact) mass is 288 g/mol. The molecule has 1 aliphatic rings. The summed E-state index contributed by atoms with van der Waals surface area (Å²) >= 11 is 0. The molecule has 1 N–H and O–H groups in total. The van der Waals surface area contributed by atoms with E-state index in [1.807, 2.05) is 0 Å². The van der Waals surface area contributed by atoms with E-state index >= 15 is 0 Å². The zero-order valence-electron chi connectivity index (χ0n) is 14.4. The molecule has 0 radical (unpaired) electrons. The lowest BCUT2D eigenvalue weighted by Gasteiger charge is -2.43. The standard InChI is InChI=1S/C19H32N2/c1-15-11-12-21(13-16(15)2)14-19(3,4)18(20-5)17-9-7-6-8-10-17/h6-10,15-16,18,20H,11-14H2,1-5H3. The van der Waals surface area contributed by atoms with E-state index in [4.69, 9.17) is 0 Å². The molecule has 3 unspecified atom stereocenters. The Bertz CT molecular complexity index is 426. The quantitative estimate of drug-likeness (QED) is 0.882. The van der Waals surface area contributed by atoms with Crippen LogP contribution < -0.4 is 5.32 Å². The minimum Gasteiger partial charge on any atom is -0.313 e. The van der Waals surface area contributed by atoms with Gasteiger partial charge in [0.05, 0.1) is 0 Å². The maximum absolute atomic E-state index is 3.54. The SMILES string of the molecule is CNC(c1ccccc1)C(C)(C)CN1CCC(C)C(C)C1. The summed E-state index contributed by atoms with van der Waals surface area (Å²) in [5, 5.41) is 3.54. The van der Waals surface area contributed by atoms with E-state index in [0.717, 1.165) is 18.4 Å². The van der Waals surface area contributed by atoms with Crippen LogP contribution in [0, 0.1) is 17.3 Å². The van der Waals surface area contributed by atoms with Crippen LogP contribution in [0.1, 0.15) is 45.7 Å². The van der Waals surface area contributed by atoms with Crippen molar-refractivity contribution in [3.8, 4) is 0 Å². The van der Waals surface area contributed by atoms with Crippen LogP contribution in [0.25, 0.3) is 0 Å². The predicted molar refractivity (Wildman–Crippen MR) is 91.4 cm³/mol. The number of likely N-dealkylation sites (tertiary alicyclic amines) is 1. The molecule has 0 aromatic heterocycles. The highest BCUT2D eigenvalue weighted by molar-refractivity contribution is 5.21. The molecule has 1 aromatic carbocycles. The molecule has 1 aliphatic heterocycles. The van der Waals surface area contributed by atoms with Gasteiger partial charge >= 0.3 is 0 Å². The number of piperidine rings is 1. The zero-order valence-corrected chi connectivity index (χ0v) is 14.4. The zero-order chi connectivity index (χ0) is 15.5. The van der Waals surface area contributed by atoms with Crippen LogP contribution in [0.5, 0.6) is 0 Å². The fourth-order valence-electron chi connectivity index (χ4n) is 3.81. The highest BCUT2D eigenvalue weighted by atomic mass is 15.1. The van der Waals surface area contributed by atoms with Crippen molar-refractivity contribution in [3.63, 3.8) is 0 Å². The molecule has 3 atom stereocenters. The van der Waals surface area contributed by atoms with Gasteiger partial charge in [-0.05, 0) is 42.8 Å². The molecule has 2 nitrogen and oxygen atoms in total. The molecule has 2 rings (SSSR count). The summed E-state index contributed by atoms with van der Waals surface area (Å²) in [6, 6.07) is 11.2. The fraction of sp³-hybridized carbons (Fsp3) is 0.684. The van der Waals surface area contributed by atoms with E-state index in [9.17, 15) is 0 Å². The topological polar surface area (TPSA) is 15.3 Å². The average molecular weight is 288 g/mol. The summed E-state index contributed by atoms with van der Waals surface area (Å²) in [4.78, 5) is 2.66. The first-order valence-corrected chi connectivity index (χ1v) is 8.38. The number of hydrogen-bond acceptors (Lipinski definition) is 2. The van der Waals surface area contributed by atoms with Gasteiger partial charge in [-0.2, -0.15) is 0 Å². The molecule has 0 spiro atoms. The van der Waals surface area contributed by atoms with E-state index in [0.29, 0.717) is 6.04 Å². The second-order valence-corrected chi connectivity index (χ2v) is 7.60. The summed E-state index contributed by atoms with van der Waals surface area (Å²) in [5.74, 6) is 1.69. The Balaban J connectivity index is 2.06. The highest BCUT2D eigenvalue weighted by Crippen LogP contribution is 2.35. The number of rotatable bonds is 5. The van der Waals surface area contributed by atoms with Gasteiger partial charge in [-0.25, -0.2) is 0 Å². The molecule has 0 aliphatic carbocycles. The Hall–Kier alpha value is -0.860. The molecule has 0 saturated carbocycles. The molecule has 0 amide bonds. The smallest absolute Gasteiger partial charge is 0.0381 e. The molecule has 118 valence electrons. The lowest BCUT2D eigenvalue weighted by atomic mass is 9.78. The first-order valence-electron chi connectivity index (χ1n) is 8.38. The van der Waals surface area contributed by atoms with Crippen LogP contribution in [0.15, 0.2) is 30.3 Å². The molecular weight excluding hydrogens is 256 g/mol. The molecule has 1 heterocycles. The Morgan fingerprint density at radius 1 is 1.19 bits per heavy atom. The highest BCUT2D eigenvalue weighted by Gasteiger charge is 2.33. The average Bonchev–Trinajstić information content (AvgIpc) is 2.44. The number of benzene rings is 1. The Morgan fingerprint density at radius 3 is 2.43 bits per heavy atom. The number of hydrogen-bond donors (Lipinski definition) is 1. The van der Waals surface area contributed by atoms with Crippen molar-refractivity contribution in [3.05, 3.63) is 35.9 Å². The molecule has 1 saturated heterocycles. The molecule has 1 aromatic rings. The molecule has 2 heteroatoms. The van der Waals surface area contributed by atoms with Crippen molar-refractivity contribution in [1.82, 2.24) is 10.2 Å². The van der Waals surface area contributed by atoms with Gasteiger partial charge in [0.25, 0.3) is 0 Å². The van der Waals surface area contributed by atoms with E-state index in [1.165, 1.54) is 25.1 Å². The van der Waals surface area contributed by atoms with Crippen molar-refractivity contribution < 1.29 is 0 Å². The maximum atomic E-state index is 3.54. The minimum atomic E-state index is 0.219. The summed E-state index contributed by atoms with van der Waals surface area (Å²) in [6.07, 6.45) is 1.34. The summed E-state index contributed by atoms with van der Waals surface area (Å²) in [7, 11) is 2.08. The molecule has 1 fully saturated rings. The predicted octanol–water partition coefficient (Wildman–Crippen LogP) is 3.95. The second kappa shape index (κ2) is 6.93. The largest absolute Gasteiger partial charge is 0.313 e. The van der Waals surface area contributed by atoms with Crippen LogP contribution in [-0.2, 0) is 0 Å². The van der Waals surface area contributed by atoms with Crippen molar-refractivity contribution >= 4 is 0 Å². The lowest BCUT2D eigenvalue weighted by molar-refractivity contribution is 0.0796. The van der Waals surface area contributed by atoms with Crippen LogP contribution in [0.3, 0.4) is 0 Å². The third-order valence-corrected chi connectivity index (χ3v) is 5.25. The van der Waals surface area contributed by atoms with Crippen molar-refractivity contribution in [2.75, 3.05) is 26.7 Å². The van der Waals surface area contributed by atoms with Crippen LogP contribution in [0.2, 0.25) is 0 Å². The van der Waals surface area contributed by atoms with E-state index in [1.54, 1.807) is 0 Å². The minimum absolute atomic E-state index is 0.219. The van der Waals surface area contributed by atoms with E-state index in [2.05, 4.69) is 75.3 Å². The Morgan fingerprint density at radius 2 is 1.86 bits per heavy atom. The molecular formula is C19H32N2. The van der Waals surface area contributed by atoms with Gasteiger partial charge < -0.3 is 10.2 Å². The van der Waals surface area contributed by atoms with Crippen molar-refractivity contribution in [1.29, 1.82) is 0 Å². The fourth-order valence-corrected chi connectivity index (χ4v) is 3.81. The first-order chi connectivity index (χ1) is 9.94. The van der Waals surface area contributed by atoms with Crippen LogP contribution >= 0.6 is 0 Å². The van der Waals surface area contributed by atoms with Gasteiger partial charge in [0.15, 0.2) is 0 Å². The second-order valence-electron chi connectivity index (χ2n) is 7.60. The van der Waals surface area contributed by atoms with Crippen molar-refractivity contribution in [2.45, 2.75) is 40.2 Å². The van der Waals surface area contributed by atoms with E-state index in [-0.39, 0.29) is 5.41 Å². The van der Waals surface area contributed by atoms with Gasteiger partial charge in [0.2, 0.25) is 0 Å². The summed E-state index contributed by atoms with van der Waals surface area (Å²) < 4.78 is 0. The lowest BCUT2D eigenvalue weighted by Crippen LogP contribution is -2.46. The summed E-state index contributed by atoms with van der Waals surface area (Å²) in [5.41, 5.74) is 1.61.